The molecule has 2 aromatic heterocycles. The lowest BCUT2D eigenvalue weighted by atomic mass is 10.0. The third-order valence-corrected chi connectivity index (χ3v) is 5.86. The van der Waals surface area contributed by atoms with E-state index in [0.717, 1.165) is 17.1 Å². The van der Waals surface area contributed by atoms with Crippen LogP contribution in [-0.4, -0.2) is 26.2 Å². The summed E-state index contributed by atoms with van der Waals surface area (Å²) in [7, 11) is 0. The molecule has 2 heterocycles. The quantitative estimate of drug-likeness (QED) is 0.236. The molecule has 0 saturated carbocycles. The van der Waals surface area contributed by atoms with Crippen molar-refractivity contribution < 1.29 is 15.0 Å². The van der Waals surface area contributed by atoms with Crippen LogP contribution in [0.4, 0.5) is 17.1 Å². The van der Waals surface area contributed by atoms with Gasteiger partial charge in [-0.1, -0.05) is 48.5 Å². The lowest BCUT2D eigenvalue weighted by Crippen LogP contribution is -2.23. The first-order valence-electron chi connectivity index (χ1n) is 11.6. The molecule has 0 radical (unpaired) electrons. The SMILES string of the molecule is O=C(O)c1c(O)c(N=Nc2ccccc2N(Cc2ccccn2)Cc2ccccn2)cc2ccccc12. The number of benzene rings is 3. The Labute approximate surface area is 213 Å². The molecule has 5 rings (SSSR count). The van der Waals surface area contributed by atoms with E-state index < -0.39 is 11.7 Å². The standard InChI is InChI=1S/C29H23N5O3/c35-28-25(17-20-9-1-2-12-23(20)27(28)29(36)37)33-32-24-13-3-4-14-26(24)34(18-21-10-5-7-15-30-21)19-22-11-6-8-16-31-22/h1-17,35H,18-19H2,(H,36,37). The lowest BCUT2D eigenvalue weighted by Gasteiger charge is -2.25. The molecule has 37 heavy (non-hydrogen) atoms. The summed E-state index contributed by atoms with van der Waals surface area (Å²) in [5, 5.41) is 30.3. The Balaban J connectivity index is 1.55. The summed E-state index contributed by atoms with van der Waals surface area (Å²) in [6.45, 7) is 1.02. The van der Waals surface area contributed by atoms with Crippen LogP contribution in [0.1, 0.15) is 21.7 Å². The number of rotatable bonds is 8. The van der Waals surface area contributed by atoms with Gasteiger partial charge in [-0.3, -0.25) is 9.97 Å². The van der Waals surface area contributed by atoms with Crippen molar-refractivity contribution in [3.63, 3.8) is 0 Å². The molecule has 0 bridgehead atoms. The number of azo groups is 1. The van der Waals surface area contributed by atoms with Crippen molar-refractivity contribution in [3.8, 4) is 5.75 Å². The summed E-state index contributed by atoms with van der Waals surface area (Å²) >= 11 is 0. The molecular formula is C29H23N5O3. The topological polar surface area (TPSA) is 111 Å². The number of aromatic hydroxyl groups is 1. The number of anilines is 1. The van der Waals surface area contributed by atoms with Crippen molar-refractivity contribution in [2.75, 3.05) is 4.90 Å². The van der Waals surface area contributed by atoms with Gasteiger partial charge in [0, 0.05) is 17.8 Å². The Hall–Kier alpha value is -5.11. The molecule has 0 unspecified atom stereocenters. The average Bonchev–Trinajstić information content (AvgIpc) is 2.92. The number of carboxylic acids is 1. The lowest BCUT2D eigenvalue weighted by molar-refractivity contribution is 0.0696. The zero-order valence-electron chi connectivity index (χ0n) is 19.8. The highest BCUT2D eigenvalue weighted by atomic mass is 16.4. The van der Waals surface area contributed by atoms with Crippen molar-refractivity contribution in [2.24, 2.45) is 10.2 Å². The highest BCUT2D eigenvalue weighted by Crippen LogP contribution is 2.39. The van der Waals surface area contributed by atoms with Gasteiger partial charge in [-0.05, 0) is 47.9 Å². The van der Waals surface area contributed by atoms with Gasteiger partial charge in [0.05, 0.1) is 30.2 Å². The number of hydrogen-bond acceptors (Lipinski definition) is 7. The van der Waals surface area contributed by atoms with Crippen LogP contribution < -0.4 is 4.90 Å². The van der Waals surface area contributed by atoms with E-state index in [1.165, 1.54) is 0 Å². The average molecular weight is 490 g/mol. The van der Waals surface area contributed by atoms with Gasteiger partial charge in [0.15, 0.2) is 5.75 Å². The molecule has 0 aliphatic rings. The van der Waals surface area contributed by atoms with Crippen LogP contribution in [0, 0.1) is 0 Å². The molecule has 2 N–H and O–H groups in total. The first kappa shape index (κ1) is 23.6. The van der Waals surface area contributed by atoms with Crippen LogP contribution in [0.3, 0.4) is 0 Å². The molecule has 8 nitrogen and oxygen atoms in total. The van der Waals surface area contributed by atoms with Crippen molar-refractivity contribution in [2.45, 2.75) is 13.1 Å². The normalized spacial score (nSPS) is 11.1. The molecule has 8 heteroatoms. The molecule has 0 spiro atoms. The Bertz CT molecular complexity index is 1530. The first-order chi connectivity index (χ1) is 18.1. The van der Waals surface area contributed by atoms with Crippen molar-refractivity contribution in [3.05, 3.63) is 120 Å². The monoisotopic (exact) mass is 489 g/mol. The maximum atomic E-state index is 11.9. The fourth-order valence-corrected chi connectivity index (χ4v) is 4.14. The highest BCUT2D eigenvalue weighted by molar-refractivity contribution is 6.08. The third kappa shape index (κ3) is 5.28. The summed E-state index contributed by atoms with van der Waals surface area (Å²) in [5.41, 5.74) is 2.98. The fourth-order valence-electron chi connectivity index (χ4n) is 4.14. The highest BCUT2D eigenvalue weighted by Gasteiger charge is 2.19. The predicted molar refractivity (Wildman–Crippen MR) is 142 cm³/mol. The zero-order valence-corrected chi connectivity index (χ0v) is 19.8. The molecule has 0 aliphatic heterocycles. The van der Waals surface area contributed by atoms with Crippen LogP contribution in [0.15, 0.2) is 114 Å². The second-order valence-electron chi connectivity index (χ2n) is 8.33. The van der Waals surface area contributed by atoms with Crippen LogP contribution in [0.2, 0.25) is 0 Å². The molecule has 182 valence electrons. The maximum absolute atomic E-state index is 11.9. The minimum atomic E-state index is -1.23. The Morgan fingerprint density at radius 2 is 1.35 bits per heavy atom. The fraction of sp³-hybridized carbons (Fsp3) is 0.0690. The van der Waals surface area contributed by atoms with Gasteiger partial charge in [-0.25, -0.2) is 4.79 Å². The van der Waals surface area contributed by atoms with Gasteiger partial charge in [-0.15, -0.1) is 10.2 Å². The van der Waals surface area contributed by atoms with Gasteiger partial charge in [-0.2, -0.15) is 0 Å². The van der Waals surface area contributed by atoms with Crippen molar-refractivity contribution >= 4 is 33.8 Å². The number of nitrogens with zero attached hydrogens (tertiary/aromatic N) is 5. The van der Waals surface area contributed by atoms with Crippen molar-refractivity contribution in [1.82, 2.24) is 9.97 Å². The number of aromatic nitrogens is 2. The largest absolute Gasteiger partial charge is 0.505 e. The number of pyridine rings is 2. The maximum Gasteiger partial charge on any atom is 0.340 e. The van der Waals surface area contributed by atoms with E-state index in [-0.39, 0.29) is 11.3 Å². The number of phenols is 1. The Kier molecular flexibility index (Phi) is 6.80. The molecule has 0 aliphatic carbocycles. The number of carboxylic acid groups (broad SMARTS) is 1. The molecule has 5 aromatic rings. The predicted octanol–water partition coefficient (Wildman–Crippen LogP) is 6.66. The summed E-state index contributed by atoms with van der Waals surface area (Å²) in [4.78, 5) is 22.9. The molecular weight excluding hydrogens is 466 g/mol. The number of fused-ring (bicyclic) bond motifs is 1. The second kappa shape index (κ2) is 10.7. The van der Waals surface area contributed by atoms with E-state index in [1.54, 1.807) is 42.7 Å². The Morgan fingerprint density at radius 1 is 0.757 bits per heavy atom. The summed E-state index contributed by atoms with van der Waals surface area (Å²) in [6, 6.07) is 27.6. The van der Waals surface area contributed by atoms with Gasteiger partial charge < -0.3 is 15.1 Å². The summed E-state index contributed by atoms with van der Waals surface area (Å²) in [6.07, 6.45) is 3.50. The van der Waals surface area contributed by atoms with E-state index >= 15 is 0 Å². The molecule has 0 amide bonds. The first-order valence-corrected chi connectivity index (χ1v) is 11.6. The Morgan fingerprint density at radius 3 is 2.00 bits per heavy atom. The van der Waals surface area contributed by atoms with Gasteiger partial charge >= 0.3 is 5.97 Å². The minimum Gasteiger partial charge on any atom is -0.505 e. The third-order valence-electron chi connectivity index (χ3n) is 5.86. The van der Waals surface area contributed by atoms with Gasteiger partial charge in [0.1, 0.15) is 16.9 Å². The van der Waals surface area contributed by atoms with Gasteiger partial charge in [0.2, 0.25) is 0 Å². The van der Waals surface area contributed by atoms with Gasteiger partial charge in [0.25, 0.3) is 0 Å². The molecule has 3 aromatic carbocycles. The van der Waals surface area contributed by atoms with Crippen LogP contribution in [-0.2, 0) is 13.1 Å². The summed E-state index contributed by atoms with van der Waals surface area (Å²) in [5.74, 6) is -1.66. The van der Waals surface area contributed by atoms with E-state index in [9.17, 15) is 15.0 Å². The second-order valence-corrected chi connectivity index (χ2v) is 8.33. The van der Waals surface area contributed by atoms with Crippen molar-refractivity contribution in [1.29, 1.82) is 0 Å². The van der Waals surface area contributed by atoms with Crippen LogP contribution >= 0.6 is 0 Å². The number of aromatic carboxylic acids is 1. The number of para-hydroxylation sites is 1. The van der Waals surface area contributed by atoms with E-state index in [2.05, 4.69) is 25.1 Å². The smallest absolute Gasteiger partial charge is 0.340 e. The van der Waals surface area contributed by atoms with Crippen LogP contribution in [0.5, 0.6) is 5.75 Å². The number of hydrogen-bond donors (Lipinski definition) is 2. The molecule has 0 atom stereocenters. The molecule has 0 saturated heterocycles. The van der Waals surface area contributed by atoms with E-state index in [4.69, 9.17) is 0 Å². The zero-order chi connectivity index (χ0) is 25.6. The number of carbonyl (C=O) groups is 1. The van der Waals surface area contributed by atoms with E-state index in [0.29, 0.717) is 29.5 Å². The van der Waals surface area contributed by atoms with Crippen LogP contribution in [0.25, 0.3) is 10.8 Å². The minimum absolute atomic E-state index is 0.0758. The van der Waals surface area contributed by atoms with E-state index in [1.807, 2.05) is 60.7 Å². The summed E-state index contributed by atoms with van der Waals surface area (Å²) < 4.78 is 0. The molecule has 0 fully saturated rings.